The molecule has 4 N–H and O–H groups in total. The Labute approximate surface area is 124 Å². The number of nitrogens with zero attached hydrogens (tertiary/aromatic N) is 1. The predicted molar refractivity (Wildman–Crippen MR) is 78.4 cm³/mol. The molecule has 0 saturated heterocycles. The Kier molecular flexibility index (Phi) is 4.46. The molecule has 1 aromatic heterocycles. The highest BCUT2D eigenvalue weighted by atomic mass is 79.9. The summed E-state index contributed by atoms with van der Waals surface area (Å²) in [5.41, 5.74) is 4.85. The number of carbonyl (C=O) groups excluding carboxylic acids is 1. The fourth-order valence-corrected chi connectivity index (χ4v) is 3.66. The number of nitrogens with one attached hydrogen (secondary N) is 1. The van der Waals surface area contributed by atoms with Crippen LogP contribution in [0.4, 0.5) is 0 Å². The second-order valence-corrected chi connectivity index (χ2v) is 7.18. The molecule has 1 aromatic rings. The third kappa shape index (κ3) is 2.92. The molecule has 1 saturated carbocycles. The Morgan fingerprint density at radius 2 is 2.32 bits per heavy atom. The van der Waals surface area contributed by atoms with Gasteiger partial charge in [0.2, 0.25) is 5.91 Å². The lowest BCUT2D eigenvalue weighted by molar-refractivity contribution is -0.131. The van der Waals surface area contributed by atoms with E-state index in [9.17, 15) is 4.79 Å². The van der Waals surface area contributed by atoms with E-state index in [1.807, 2.05) is 12.1 Å². The normalized spacial score (nSPS) is 17.8. The molecule has 0 spiro atoms. The third-order valence-corrected chi connectivity index (χ3v) is 5.21. The molecule has 1 aliphatic carbocycles. The summed E-state index contributed by atoms with van der Waals surface area (Å²) in [6, 6.07) is 4.02. The summed E-state index contributed by atoms with van der Waals surface area (Å²) in [5.74, 6) is -0.111. The van der Waals surface area contributed by atoms with E-state index in [1.165, 1.54) is 4.88 Å². The Morgan fingerprint density at radius 1 is 1.58 bits per heavy atom. The van der Waals surface area contributed by atoms with Gasteiger partial charge >= 0.3 is 0 Å². The molecule has 1 heterocycles. The van der Waals surface area contributed by atoms with Crippen LogP contribution in [0.1, 0.15) is 24.1 Å². The number of halogens is 1. The number of amides is 1. The van der Waals surface area contributed by atoms with E-state index in [4.69, 9.17) is 10.9 Å². The van der Waals surface area contributed by atoms with Crippen molar-refractivity contribution in [3.63, 3.8) is 0 Å². The molecule has 0 radical (unpaired) electrons. The zero-order chi connectivity index (χ0) is 13.9. The number of amidine groups is 1. The van der Waals surface area contributed by atoms with Crippen LogP contribution in [0.25, 0.3) is 0 Å². The molecule has 0 unspecified atom stereocenters. The Morgan fingerprint density at radius 3 is 2.79 bits per heavy atom. The van der Waals surface area contributed by atoms with Gasteiger partial charge in [-0.2, -0.15) is 0 Å². The lowest BCUT2D eigenvalue weighted by Gasteiger charge is -2.38. The fraction of sp³-hybridized carbons (Fsp3) is 0.500. The van der Waals surface area contributed by atoms with Crippen molar-refractivity contribution < 1.29 is 10.0 Å². The van der Waals surface area contributed by atoms with Gasteiger partial charge < -0.3 is 16.3 Å². The van der Waals surface area contributed by atoms with E-state index in [1.54, 1.807) is 11.3 Å². The number of nitrogens with two attached hydrogens (primary N) is 1. The topological polar surface area (TPSA) is 87.7 Å². The zero-order valence-corrected chi connectivity index (χ0v) is 12.8. The van der Waals surface area contributed by atoms with Crippen LogP contribution in [-0.4, -0.2) is 23.5 Å². The largest absolute Gasteiger partial charge is 0.409 e. The quantitative estimate of drug-likeness (QED) is 0.330. The van der Waals surface area contributed by atoms with E-state index < -0.39 is 5.41 Å². The van der Waals surface area contributed by atoms with E-state index in [0.29, 0.717) is 19.4 Å². The molecular weight excluding hydrogens is 330 g/mol. The number of carbonyl (C=O) groups is 1. The molecule has 1 aliphatic rings. The van der Waals surface area contributed by atoms with Gasteiger partial charge in [-0.1, -0.05) is 11.6 Å². The molecule has 104 valence electrons. The number of oxime groups is 1. The Balaban J connectivity index is 1.87. The first-order valence-electron chi connectivity index (χ1n) is 6.09. The number of rotatable bonds is 5. The van der Waals surface area contributed by atoms with Gasteiger partial charge in [0.25, 0.3) is 0 Å². The Bertz CT molecular complexity index is 497. The van der Waals surface area contributed by atoms with E-state index >= 15 is 0 Å². The van der Waals surface area contributed by atoms with Gasteiger partial charge in [-0.3, -0.25) is 4.79 Å². The third-order valence-electron chi connectivity index (χ3n) is 3.53. The maximum Gasteiger partial charge on any atom is 0.233 e. The molecule has 7 heteroatoms. The van der Waals surface area contributed by atoms with Crippen LogP contribution in [0.15, 0.2) is 21.1 Å². The van der Waals surface area contributed by atoms with Gasteiger partial charge in [0.15, 0.2) is 5.84 Å². The first-order valence-corrected chi connectivity index (χ1v) is 7.70. The van der Waals surface area contributed by atoms with Gasteiger partial charge in [0.1, 0.15) is 5.41 Å². The van der Waals surface area contributed by atoms with Crippen molar-refractivity contribution in [2.75, 3.05) is 6.54 Å². The maximum absolute atomic E-state index is 12.2. The van der Waals surface area contributed by atoms with Gasteiger partial charge in [0, 0.05) is 11.4 Å². The van der Waals surface area contributed by atoms with Crippen molar-refractivity contribution in [3.8, 4) is 0 Å². The monoisotopic (exact) mass is 345 g/mol. The average Bonchev–Trinajstić information content (AvgIpc) is 2.73. The molecule has 0 aromatic carbocycles. The number of thiophene rings is 1. The molecule has 0 bridgehead atoms. The summed E-state index contributed by atoms with van der Waals surface area (Å²) >= 11 is 5.06. The van der Waals surface area contributed by atoms with Gasteiger partial charge in [-0.05, 0) is 47.3 Å². The van der Waals surface area contributed by atoms with E-state index in [2.05, 4.69) is 26.4 Å². The van der Waals surface area contributed by atoms with E-state index in [-0.39, 0.29) is 11.7 Å². The van der Waals surface area contributed by atoms with Crippen LogP contribution in [0.2, 0.25) is 0 Å². The standard InChI is InChI=1S/C12H16BrN3O2S/c13-9-3-2-8(19-9)4-7-15-11(17)12(5-1-6-12)10(14)16-18/h2-3,18H,1,4-7H2,(H2,14,16)(H,15,17). The van der Waals surface area contributed by atoms with Crippen LogP contribution >= 0.6 is 27.3 Å². The molecule has 0 atom stereocenters. The summed E-state index contributed by atoms with van der Waals surface area (Å²) in [4.78, 5) is 13.4. The smallest absolute Gasteiger partial charge is 0.233 e. The molecule has 1 amide bonds. The highest BCUT2D eigenvalue weighted by Gasteiger charge is 2.48. The van der Waals surface area contributed by atoms with Crippen LogP contribution in [0.3, 0.4) is 0 Å². The van der Waals surface area contributed by atoms with Crippen LogP contribution < -0.4 is 11.1 Å². The van der Waals surface area contributed by atoms with E-state index in [0.717, 1.165) is 16.6 Å². The van der Waals surface area contributed by atoms with Crippen LogP contribution in [0.5, 0.6) is 0 Å². The van der Waals surface area contributed by atoms with Gasteiger partial charge in [-0.15, -0.1) is 11.3 Å². The molecule has 1 fully saturated rings. The number of hydrogen-bond acceptors (Lipinski definition) is 4. The lowest BCUT2D eigenvalue weighted by Crippen LogP contribution is -2.54. The zero-order valence-electron chi connectivity index (χ0n) is 10.4. The summed E-state index contributed by atoms with van der Waals surface area (Å²) in [7, 11) is 0. The molecule has 2 rings (SSSR count). The van der Waals surface area contributed by atoms with Crippen molar-refractivity contribution in [2.24, 2.45) is 16.3 Å². The van der Waals surface area contributed by atoms with Gasteiger partial charge in [-0.25, -0.2) is 0 Å². The fourth-order valence-electron chi connectivity index (χ4n) is 2.18. The van der Waals surface area contributed by atoms with Crippen molar-refractivity contribution in [1.29, 1.82) is 0 Å². The maximum atomic E-state index is 12.2. The van der Waals surface area contributed by atoms with Crippen molar-refractivity contribution in [3.05, 3.63) is 20.8 Å². The minimum Gasteiger partial charge on any atom is -0.409 e. The lowest BCUT2D eigenvalue weighted by atomic mass is 9.67. The summed E-state index contributed by atoms with van der Waals surface area (Å²) in [6.45, 7) is 0.562. The second kappa shape index (κ2) is 5.92. The summed E-state index contributed by atoms with van der Waals surface area (Å²) in [6.07, 6.45) is 3.02. The summed E-state index contributed by atoms with van der Waals surface area (Å²) in [5, 5.41) is 14.7. The minimum absolute atomic E-state index is 0.0233. The van der Waals surface area contributed by atoms with Crippen LogP contribution in [-0.2, 0) is 11.2 Å². The average molecular weight is 346 g/mol. The predicted octanol–water partition coefficient (Wildman–Crippen LogP) is 2.09. The molecule has 5 nitrogen and oxygen atoms in total. The highest BCUT2D eigenvalue weighted by molar-refractivity contribution is 9.11. The summed E-state index contributed by atoms with van der Waals surface area (Å²) < 4.78 is 1.08. The first kappa shape index (κ1) is 14.3. The first-order chi connectivity index (χ1) is 9.08. The van der Waals surface area contributed by atoms with Crippen molar-refractivity contribution in [2.45, 2.75) is 25.7 Å². The molecule has 0 aliphatic heterocycles. The Hall–Kier alpha value is -1.08. The van der Waals surface area contributed by atoms with Crippen molar-refractivity contribution >= 4 is 39.0 Å². The van der Waals surface area contributed by atoms with Crippen LogP contribution in [0, 0.1) is 5.41 Å². The molecular formula is C12H16BrN3O2S. The molecule has 19 heavy (non-hydrogen) atoms. The SMILES string of the molecule is N/C(=N/O)C1(C(=O)NCCc2ccc(Br)s2)CCC1. The van der Waals surface area contributed by atoms with Crippen molar-refractivity contribution in [1.82, 2.24) is 5.32 Å². The highest BCUT2D eigenvalue weighted by Crippen LogP contribution is 2.41. The second-order valence-electron chi connectivity index (χ2n) is 4.63. The number of hydrogen-bond donors (Lipinski definition) is 3. The van der Waals surface area contributed by atoms with Gasteiger partial charge in [0.05, 0.1) is 3.79 Å². The minimum atomic E-state index is -0.787.